The first kappa shape index (κ1) is 28.9. The van der Waals surface area contributed by atoms with E-state index in [4.69, 9.17) is 23.2 Å². The molecule has 200 valence electrons. The first-order valence-electron chi connectivity index (χ1n) is 12.3. The van der Waals surface area contributed by atoms with Crippen LogP contribution in [0.25, 0.3) is 0 Å². The number of carbonyl (C=O) groups excluding carboxylic acids is 3. The Balaban J connectivity index is 1.75. The van der Waals surface area contributed by atoms with Crippen molar-refractivity contribution in [3.8, 4) is 0 Å². The van der Waals surface area contributed by atoms with Crippen molar-refractivity contribution in [1.82, 2.24) is 14.5 Å². The maximum absolute atomic E-state index is 13.4. The van der Waals surface area contributed by atoms with Crippen LogP contribution in [0.15, 0.2) is 47.4 Å². The Morgan fingerprint density at radius 3 is 2.46 bits per heavy atom. The number of carbonyl (C=O) groups is 3. The number of hydrogen-bond donors (Lipinski definition) is 1. The van der Waals surface area contributed by atoms with E-state index in [-0.39, 0.29) is 48.2 Å². The fourth-order valence-electron chi connectivity index (χ4n) is 4.23. The highest BCUT2D eigenvalue weighted by molar-refractivity contribution is 7.90. The fourth-order valence-corrected chi connectivity index (χ4v) is 6.30. The van der Waals surface area contributed by atoms with Crippen molar-refractivity contribution in [2.45, 2.75) is 63.4 Å². The maximum Gasteiger partial charge on any atom is 0.269 e. The Morgan fingerprint density at radius 2 is 1.81 bits per heavy atom. The smallest absolute Gasteiger partial charge is 0.269 e. The molecule has 1 heterocycles. The van der Waals surface area contributed by atoms with E-state index in [0.29, 0.717) is 28.6 Å². The van der Waals surface area contributed by atoms with E-state index in [0.717, 1.165) is 17.1 Å². The van der Waals surface area contributed by atoms with Crippen LogP contribution in [0.2, 0.25) is 10.0 Å². The zero-order valence-electron chi connectivity index (χ0n) is 20.9. The molecule has 0 radical (unpaired) electrons. The molecule has 0 saturated carbocycles. The molecule has 1 N–H and O–H groups in total. The number of hydrogen-bond acceptors (Lipinski definition) is 5. The number of nitrogens with one attached hydrogen (secondary N) is 1. The van der Waals surface area contributed by atoms with Crippen LogP contribution in [0.3, 0.4) is 0 Å². The molecule has 2 aromatic rings. The first-order chi connectivity index (χ1) is 17.6. The number of nitrogens with zero attached hydrogens (tertiary/aromatic N) is 2. The minimum Gasteiger partial charge on any atom is -0.354 e. The van der Waals surface area contributed by atoms with Gasteiger partial charge in [0.1, 0.15) is 10.9 Å². The van der Waals surface area contributed by atoms with Gasteiger partial charge in [-0.25, -0.2) is 12.7 Å². The van der Waals surface area contributed by atoms with Crippen LogP contribution in [0.5, 0.6) is 0 Å². The number of sulfonamides is 1. The third kappa shape index (κ3) is 6.64. The summed E-state index contributed by atoms with van der Waals surface area (Å²) in [5, 5.41) is 3.71. The van der Waals surface area contributed by atoms with Crippen LogP contribution >= 0.6 is 23.2 Å². The number of fused-ring (bicyclic) bond motifs is 1. The molecule has 0 aromatic heterocycles. The number of rotatable bonds is 12. The lowest BCUT2D eigenvalue weighted by Gasteiger charge is -2.31. The lowest BCUT2D eigenvalue weighted by atomic mass is 10.1. The van der Waals surface area contributed by atoms with Crippen molar-refractivity contribution in [2.75, 3.05) is 13.1 Å². The van der Waals surface area contributed by atoms with Crippen LogP contribution in [-0.4, -0.2) is 54.5 Å². The van der Waals surface area contributed by atoms with Gasteiger partial charge in [-0.15, -0.1) is 0 Å². The number of unbranched alkanes of at least 4 members (excludes halogenated alkanes) is 1. The first-order valence-corrected chi connectivity index (χ1v) is 14.5. The second kappa shape index (κ2) is 12.8. The molecular weight excluding hydrogens is 537 g/mol. The van der Waals surface area contributed by atoms with Crippen LogP contribution in [0.4, 0.5) is 0 Å². The van der Waals surface area contributed by atoms with E-state index < -0.39 is 22.0 Å². The van der Waals surface area contributed by atoms with E-state index in [9.17, 15) is 22.8 Å². The van der Waals surface area contributed by atoms with Gasteiger partial charge in [0, 0.05) is 36.1 Å². The zero-order chi connectivity index (χ0) is 27.2. The van der Waals surface area contributed by atoms with E-state index >= 15 is 0 Å². The summed E-state index contributed by atoms with van der Waals surface area (Å²) in [6.07, 6.45) is 2.17. The van der Waals surface area contributed by atoms with Crippen molar-refractivity contribution in [3.63, 3.8) is 0 Å². The predicted octanol–water partition coefficient (Wildman–Crippen LogP) is 4.64. The molecule has 0 unspecified atom stereocenters. The van der Waals surface area contributed by atoms with E-state index in [2.05, 4.69) is 5.32 Å². The van der Waals surface area contributed by atoms with Crippen LogP contribution < -0.4 is 5.32 Å². The molecule has 1 aliphatic rings. The van der Waals surface area contributed by atoms with Crippen molar-refractivity contribution in [2.24, 2.45) is 0 Å². The molecule has 2 aromatic carbocycles. The molecule has 8 nitrogen and oxygen atoms in total. The molecule has 0 saturated heterocycles. The summed E-state index contributed by atoms with van der Waals surface area (Å²) < 4.78 is 26.4. The Labute approximate surface area is 228 Å². The maximum atomic E-state index is 13.4. The highest BCUT2D eigenvalue weighted by atomic mass is 35.5. The monoisotopic (exact) mass is 567 g/mol. The summed E-state index contributed by atoms with van der Waals surface area (Å²) in [6.45, 7) is 4.29. The lowest BCUT2D eigenvalue weighted by molar-refractivity contribution is -0.141. The largest absolute Gasteiger partial charge is 0.354 e. The average molecular weight is 569 g/mol. The van der Waals surface area contributed by atoms with Gasteiger partial charge in [0.15, 0.2) is 0 Å². The third-order valence-corrected chi connectivity index (χ3v) is 8.66. The van der Waals surface area contributed by atoms with Crippen LogP contribution in [0, 0.1) is 0 Å². The third-order valence-electron chi connectivity index (χ3n) is 6.24. The number of benzene rings is 2. The van der Waals surface area contributed by atoms with E-state index in [1.807, 2.05) is 13.8 Å². The number of halogens is 2. The lowest BCUT2D eigenvalue weighted by Crippen LogP contribution is -2.49. The van der Waals surface area contributed by atoms with Crippen molar-refractivity contribution in [1.29, 1.82) is 0 Å². The van der Waals surface area contributed by atoms with Crippen LogP contribution in [-0.2, 0) is 26.2 Å². The molecule has 11 heteroatoms. The molecule has 3 amide bonds. The Morgan fingerprint density at radius 1 is 1.08 bits per heavy atom. The van der Waals surface area contributed by atoms with Crippen molar-refractivity contribution < 1.29 is 22.8 Å². The topological polar surface area (TPSA) is 104 Å². The molecule has 1 aliphatic heterocycles. The quantitative estimate of drug-likeness (QED) is 0.376. The summed E-state index contributed by atoms with van der Waals surface area (Å²) in [7, 11) is -3.95. The Hall–Kier alpha value is -2.62. The Bertz CT molecular complexity index is 1270. The van der Waals surface area contributed by atoms with Gasteiger partial charge in [-0.05, 0) is 49.1 Å². The van der Waals surface area contributed by atoms with Crippen molar-refractivity contribution in [3.05, 3.63) is 63.6 Å². The van der Waals surface area contributed by atoms with Gasteiger partial charge in [0.25, 0.3) is 15.9 Å². The standard InChI is InChI=1S/C26H31Cl2N3O5S/c1-3-5-14-29-25(33)22(4-2)30(17-18-12-13-19(27)16-21(18)28)24(32)11-8-15-31-26(34)20-9-6-7-10-23(20)37(31,35)36/h6-7,9-10,12-13,16,22H,3-5,8,11,14-15,17H2,1-2H3,(H,29,33)/t22-/m1/s1. The summed E-state index contributed by atoms with van der Waals surface area (Å²) in [5.74, 6) is -1.21. The van der Waals surface area contributed by atoms with E-state index in [1.165, 1.54) is 17.0 Å². The van der Waals surface area contributed by atoms with E-state index in [1.54, 1.807) is 30.3 Å². The second-order valence-electron chi connectivity index (χ2n) is 8.81. The molecule has 0 spiro atoms. The summed E-state index contributed by atoms with van der Waals surface area (Å²) in [5.41, 5.74) is 0.759. The van der Waals surface area contributed by atoms with Gasteiger partial charge in [0.2, 0.25) is 11.8 Å². The van der Waals surface area contributed by atoms with Gasteiger partial charge in [0.05, 0.1) is 5.56 Å². The average Bonchev–Trinajstić information content (AvgIpc) is 3.06. The van der Waals surface area contributed by atoms with Gasteiger partial charge < -0.3 is 10.2 Å². The molecule has 0 bridgehead atoms. The SMILES string of the molecule is CCCCNC(=O)[C@@H](CC)N(Cc1ccc(Cl)cc1Cl)C(=O)CCCN1C(=O)c2ccccc2S1(=O)=O. The fraction of sp³-hybridized carbons (Fsp3) is 0.423. The minimum absolute atomic E-state index is 0.0277. The van der Waals surface area contributed by atoms with Gasteiger partial charge >= 0.3 is 0 Å². The van der Waals surface area contributed by atoms with Gasteiger partial charge in [-0.2, -0.15) is 0 Å². The van der Waals surface area contributed by atoms with Gasteiger partial charge in [-0.3, -0.25) is 14.4 Å². The zero-order valence-corrected chi connectivity index (χ0v) is 23.2. The normalized spacial score (nSPS) is 14.8. The van der Waals surface area contributed by atoms with Gasteiger partial charge in [-0.1, -0.05) is 61.7 Å². The predicted molar refractivity (Wildman–Crippen MR) is 143 cm³/mol. The second-order valence-corrected chi connectivity index (χ2v) is 11.5. The summed E-state index contributed by atoms with van der Waals surface area (Å²) in [4.78, 5) is 40.5. The Kier molecular flexibility index (Phi) is 9.98. The highest BCUT2D eigenvalue weighted by Gasteiger charge is 2.40. The number of amides is 3. The molecular formula is C26H31Cl2N3O5S. The molecule has 37 heavy (non-hydrogen) atoms. The molecule has 1 atom stereocenters. The molecule has 0 fully saturated rings. The molecule has 0 aliphatic carbocycles. The van der Waals surface area contributed by atoms with Crippen molar-refractivity contribution >= 4 is 50.9 Å². The molecule has 3 rings (SSSR count). The summed E-state index contributed by atoms with van der Waals surface area (Å²) >= 11 is 12.4. The highest BCUT2D eigenvalue weighted by Crippen LogP contribution is 2.30. The minimum atomic E-state index is -3.95. The summed E-state index contributed by atoms with van der Waals surface area (Å²) in [6, 6.07) is 10.2. The van der Waals surface area contributed by atoms with Crippen LogP contribution in [0.1, 0.15) is 61.9 Å².